The number of hydrogen-bond acceptors (Lipinski definition) is 2. The van der Waals surface area contributed by atoms with E-state index in [1.165, 1.54) is 12.8 Å². The summed E-state index contributed by atoms with van der Waals surface area (Å²) in [5, 5.41) is 7.60. The minimum absolute atomic E-state index is 0.138. The van der Waals surface area contributed by atoms with Crippen molar-refractivity contribution < 1.29 is 4.79 Å². The van der Waals surface area contributed by atoms with E-state index in [-0.39, 0.29) is 5.91 Å². The first-order chi connectivity index (χ1) is 10.1. The second kappa shape index (κ2) is 8.62. The average molecular weight is 329 g/mol. The fourth-order valence-electron chi connectivity index (χ4n) is 2.66. The predicted molar refractivity (Wildman–Crippen MR) is 88.0 cm³/mol. The van der Waals surface area contributed by atoms with E-state index in [1.54, 1.807) is 6.07 Å². The lowest BCUT2D eigenvalue weighted by molar-refractivity contribution is -0.121. The number of hydrogen-bond donors (Lipinski definition) is 2. The Morgan fingerprint density at radius 3 is 2.76 bits per heavy atom. The first-order valence-electron chi connectivity index (χ1n) is 7.56. The summed E-state index contributed by atoms with van der Waals surface area (Å²) >= 11 is 12.0. The Kier molecular flexibility index (Phi) is 6.81. The third-order valence-corrected chi connectivity index (χ3v) is 4.56. The molecule has 1 fully saturated rings. The van der Waals surface area contributed by atoms with Gasteiger partial charge in [0.25, 0.3) is 0 Å². The molecule has 1 aliphatic heterocycles. The second-order valence-corrected chi connectivity index (χ2v) is 6.41. The molecule has 1 heterocycles. The molecule has 2 rings (SSSR count). The van der Waals surface area contributed by atoms with Crippen LogP contribution in [-0.2, 0) is 11.2 Å². The smallest absolute Gasteiger partial charge is 0.220 e. The first-order valence-corrected chi connectivity index (χ1v) is 8.32. The van der Waals surface area contributed by atoms with E-state index in [4.69, 9.17) is 23.2 Å². The third kappa shape index (κ3) is 5.85. The van der Waals surface area contributed by atoms with Crippen LogP contribution in [0.15, 0.2) is 18.2 Å². The molecular formula is C16H22Cl2N2O. The van der Waals surface area contributed by atoms with Crippen LogP contribution in [0.5, 0.6) is 0 Å². The summed E-state index contributed by atoms with van der Waals surface area (Å²) in [6.07, 6.45) is 4.73. The van der Waals surface area contributed by atoms with Crippen LogP contribution in [0.2, 0.25) is 10.0 Å². The van der Waals surface area contributed by atoms with Gasteiger partial charge in [0.15, 0.2) is 0 Å². The lowest BCUT2D eigenvalue weighted by Crippen LogP contribution is -2.30. The predicted octanol–water partition coefficient (Wildman–Crippen LogP) is 3.43. The molecule has 3 nitrogen and oxygen atoms in total. The Balaban J connectivity index is 1.64. The van der Waals surface area contributed by atoms with E-state index < -0.39 is 0 Å². The topological polar surface area (TPSA) is 41.1 Å². The van der Waals surface area contributed by atoms with Crippen molar-refractivity contribution in [3.8, 4) is 0 Å². The van der Waals surface area contributed by atoms with Crippen molar-refractivity contribution >= 4 is 29.1 Å². The summed E-state index contributed by atoms with van der Waals surface area (Å²) in [5.41, 5.74) is 1.01. The maximum absolute atomic E-state index is 11.8. The molecule has 0 aromatic heterocycles. The normalized spacial score (nSPS) is 15.9. The third-order valence-electron chi connectivity index (χ3n) is 3.97. The molecule has 1 aromatic rings. The van der Waals surface area contributed by atoms with Crippen molar-refractivity contribution in [2.24, 2.45) is 5.92 Å². The maximum atomic E-state index is 11.8. The molecule has 2 N–H and O–H groups in total. The quantitative estimate of drug-likeness (QED) is 0.839. The number of piperidine rings is 1. The number of carbonyl (C=O) groups is 1. The molecule has 0 aliphatic carbocycles. The molecule has 0 unspecified atom stereocenters. The fraction of sp³-hybridized carbons (Fsp3) is 0.562. The molecule has 116 valence electrons. The molecule has 0 saturated carbocycles. The Morgan fingerprint density at radius 1 is 1.29 bits per heavy atom. The Labute approximate surface area is 136 Å². The molecule has 0 spiro atoms. The highest BCUT2D eigenvalue weighted by atomic mass is 35.5. The highest BCUT2D eigenvalue weighted by molar-refractivity contribution is 6.35. The molecule has 0 atom stereocenters. The van der Waals surface area contributed by atoms with Crippen molar-refractivity contribution in [1.82, 2.24) is 10.6 Å². The molecule has 1 saturated heterocycles. The van der Waals surface area contributed by atoms with Crippen molar-refractivity contribution in [2.45, 2.75) is 32.1 Å². The van der Waals surface area contributed by atoms with E-state index >= 15 is 0 Å². The van der Waals surface area contributed by atoms with Gasteiger partial charge in [0.1, 0.15) is 0 Å². The van der Waals surface area contributed by atoms with Gasteiger partial charge in [0.2, 0.25) is 5.91 Å². The summed E-state index contributed by atoms with van der Waals surface area (Å²) in [6, 6.07) is 5.46. The standard InChI is InChI=1S/C16H22Cl2N2O/c17-14-3-2-13(15(18)11-14)7-10-20-16(21)4-1-12-5-8-19-9-6-12/h2-3,11-12,19H,1,4-10H2,(H,20,21). The zero-order valence-electron chi connectivity index (χ0n) is 12.1. The van der Waals surface area contributed by atoms with Crippen molar-refractivity contribution in [1.29, 1.82) is 0 Å². The van der Waals surface area contributed by atoms with Gasteiger partial charge in [0, 0.05) is 23.0 Å². The van der Waals surface area contributed by atoms with Gasteiger partial charge in [-0.2, -0.15) is 0 Å². The summed E-state index contributed by atoms with van der Waals surface area (Å²) in [5.74, 6) is 0.835. The van der Waals surface area contributed by atoms with Crippen molar-refractivity contribution in [3.05, 3.63) is 33.8 Å². The van der Waals surface area contributed by atoms with E-state index in [9.17, 15) is 4.79 Å². The first kappa shape index (κ1) is 16.6. The summed E-state index contributed by atoms with van der Waals surface area (Å²) in [4.78, 5) is 11.8. The van der Waals surface area contributed by atoms with E-state index in [0.29, 0.717) is 28.9 Å². The summed E-state index contributed by atoms with van der Waals surface area (Å²) in [6.45, 7) is 2.79. The van der Waals surface area contributed by atoms with Gasteiger partial charge in [-0.3, -0.25) is 4.79 Å². The summed E-state index contributed by atoms with van der Waals surface area (Å²) in [7, 11) is 0. The number of carbonyl (C=O) groups excluding carboxylic acids is 1. The van der Waals surface area contributed by atoms with E-state index in [1.807, 2.05) is 12.1 Å². The van der Waals surface area contributed by atoms with Crippen LogP contribution in [0.25, 0.3) is 0 Å². The number of nitrogens with one attached hydrogen (secondary N) is 2. The van der Waals surface area contributed by atoms with Crippen LogP contribution in [-0.4, -0.2) is 25.5 Å². The maximum Gasteiger partial charge on any atom is 0.220 e. The van der Waals surface area contributed by atoms with Gasteiger partial charge < -0.3 is 10.6 Å². The van der Waals surface area contributed by atoms with E-state index in [0.717, 1.165) is 31.5 Å². The minimum atomic E-state index is 0.138. The molecule has 5 heteroatoms. The Bertz CT molecular complexity index is 473. The second-order valence-electron chi connectivity index (χ2n) is 5.57. The van der Waals surface area contributed by atoms with Gasteiger partial charge in [-0.15, -0.1) is 0 Å². The number of benzene rings is 1. The fourth-order valence-corrected chi connectivity index (χ4v) is 3.16. The lowest BCUT2D eigenvalue weighted by atomic mass is 9.93. The SMILES string of the molecule is O=C(CCC1CCNCC1)NCCc1ccc(Cl)cc1Cl. The number of amides is 1. The minimum Gasteiger partial charge on any atom is -0.356 e. The molecule has 1 amide bonds. The largest absolute Gasteiger partial charge is 0.356 e. The molecule has 0 bridgehead atoms. The lowest BCUT2D eigenvalue weighted by Gasteiger charge is -2.22. The number of rotatable bonds is 6. The monoisotopic (exact) mass is 328 g/mol. The molecule has 1 aromatic carbocycles. The molecular weight excluding hydrogens is 307 g/mol. The van der Waals surface area contributed by atoms with Gasteiger partial charge in [-0.25, -0.2) is 0 Å². The highest BCUT2D eigenvalue weighted by Crippen LogP contribution is 2.21. The van der Waals surface area contributed by atoms with Gasteiger partial charge in [0.05, 0.1) is 0 Å². The molecule has 21 heavy (non-hydrogen) atoms. The van der Waals surface area contributed by atoms with Gasteiger partial charge >= 0.3 is 0 Å². The number of halogens is 2. The van der Waals surface area contributed by atoms with Crippen LogP contribution in [0.3, 0.4) is 0 Å². The molecule has 1 aliphatic rings. The van der Waals surface area contributed by atoms with Crippen LogP contribution >= 0.6 is 23.2 Å². The Morgan fingerprint density at radius 2 is 2.05 bits per heavy atom. The average Bonchev–Trinajstić information content (AvgIpc) is 2.48. The molecule has 0 radical (unpaired) electrons. The van der Waals surface area contributed by atoms with Crippen molar-refractivity contribution in [3.63, 3.8) is 0 Å². The zero-order chi connectivity index (χ0) is 15.1. The van der Waals surface area contributed by atoms with Crippen LogP contribution in [0.1, 0.15) is 31.2 Å². The highest BCUT2D eigenvalue weighted by Gasteiger charge is 2.14. The van der Waals surface area contributed by atoms with Crippen molar-refractivity contribution in [2.75, 3.05) is 19.6 Å². The van der Waals surface area contributed by atoms with Gasteiger partial charge in [-0.05, 0) is 62.4 Å². The van der Waals surface area contributed by atoms with Crippen LogP contribution < -0.4 is 10.6 Å². The van der Waals surface area contributed by atoms with Crippen LogP contribution in [0, 0.1) is 5.92 Å². The van der Waals surface area contributed by atoms with Crippen LogP contribution in [0.4, 0.5) is 0 Å². The summed E-state index contributed by atoms with van der Waals surface area (Å²) < 4.78 is 0. The Hall–Kier alpha value is -0.770. The van der Waals surface area contributed by atoms with E-state index in [2.05, 4.69) is 10.6 Å². The zero-order valence-corrected chi connectivity index (χ0v) is 13.6. The van der Waals surface area contributed by atoms with Gasteiger partial charge in [-0.1, -0.05) is 29.3 Å².